The lowest BCUT2D eigenvalue weighted by Gasteiger charge is -2.08. The van der Waals surface area contributed by atoms with Crippen LogP contribution in [0.2, 0.25) is 0 Å². The summed E-state index contributed by atoms with van der Waals surface area (Å²) in [5, 5.41) is 5.43. The molecule has 0 saturated carbocycles. The number of carbonyl (C=O) groups is 2. The van der Waals surface area contributed by atoms with Gasteiger partial charge in [-0.05, 0) is 36.4 Å². The molecule has 0 aliphatic carbocycles. The number of halogens is 1. The molecule has 130 valence electrons. The molecule has 2 N–H and O–H groups in total. The first kappa shape index (κ1) is 17.4. The lowest BCUT2D eigenvalue weighted by Crippen LogP contribution is -2.23. The number of hydrogen-bond donors (Lipinski definition) is 2. The lowest BCUT2D eigenvalue weighted by atomic mass is 10.1. The van der Waals surface area contributed by atoms with Crippen LogP contribution in [0.3, 0.4) is 0 Å². The quantitative estimate of drug-likeness (QED) is 0.732. The topological polar surface area (TPSA) is 58.2 Å². The van der Waals surface area contributed by atoms with E-state index in [0.717, 1.165) is 0 Å². The number of benzene rings is 3. The zero-order valence-corrected chi connectivity index (χ0v) is 13.9. The van der Waals surface area contributed by atoms with Crippen LogP contribution in [0, 0.1) is 5.82 Å². The highest BCUT2D eigenvalue weighted by Crippen LogP contribution is 2.11. The highest BCUT2D eigenvalue weighted by molar-refractivity contribution is 6.06. The summed E-state index contributed by atoms with van der Waals surface area (Å²) in [4.78, 5) is 24.6. The summed E-state index contributed by atoms with van der Waals surface area (Å²) < 4.78 is 13.6. The zero-order chi connectivity index (χ0) is 18.4. The highest BCUT2D eigenvalue weighted by atomic mass is 19.1. The number of para-hydroxylation sites is 1. The molecule has 5 heteroatoms. The van der Waals surface area contributed by atoms with Crippen LogP contribution in [-0.2, 0) is 6.54 Å². The fourth-order valence-corrected chi connectivity index (χ4v) is 2.45. The third kappa shape index (κ3) is 4.33. The van der Waals surface area contributed by atoms with Crippen LogP contribution in [-0.4, -0.2) is 11.8 Å². The molecule has 0 aliphatic rings. The second-order valence-electron chi connectivity index (χ2n) is 5.68. The van der Waals surface area contributed by atoms with Gasteiger partial charge < -0.3 is 10.6 Å². The summed E-state index contributed by atoms with van der Waals surface area (Å²) in [5.41, 5.74) is 1.78. The van der Waals surface area contributed by atoms with E-state index in [1.54, 1.807) is 48.5 Å². The van der Waals surface area contributed by atoms with Gasteiger partial charge in [-0.2, -0.15) is 0 Å². The van der Waals surface area contributed by atoms with Gasteiger partial charge in [0.2, 0.25) is 0 Å². The van der Waals surface area contributed by atoms with Gasteiger partial charge in [-0.1, -0.05) is 42.5 Å². The Morgan fingerprint density at radius 2 is 1.42 bits per heavy atom. The second-order valence-corrected chi connectivity index (χ2v) is 5.68. The minimum atomic E-state index is -0.373. The van der Waals surface area contributed by atoms with Crippen LogP contribution in [0.4, 0.5) is 10.1 Å². The number of rotatable bonds is 5. The molecule has 3 aromatic carbocycles. The van der Waals surface area contributed by atoms with Crippen LogP contribution >= 0.6 is 0 Å². The van der Waals surface area contributed by atoms with Crippen LogP contribution in [0.5, 0.6) is 0 Å². The molecule has 0 atom stereocenters. The fraction of sp³-hybridized carbons (Fsp3) is 0.0476. The molecule has 0 aromatic heterocycles. The number of nitrogens with one attached hydrogen (secondary N) is 2. The summed E-state index contributed by atoms with van der Waals surface area (Å²) in [5.74, 6) is -1.05. The highest BCUT2D eigenvalue weighted by Gasteiger charge is 2.11. The van der Waals surface area contributed by atoms with E-state index in [1.807, 2.05) is 18.2 Å². The monoisotopic (exact) mass is 348 g/mol. The van der Waals surface area contributed by atoms with Gasteiger partial charge in [0, 0.05) is 28.9 Å². The van der Waals surface area contributed by atoms with Gasteiger partial charge in [0.15, 0.2) is 0 Å². The third-order valence-electron chi connectivity index (χ3n) is 3.82. The number of amides is 2. The van der Waals surface area contributed by atoms with Crippen molar-refractivity contribution < 1.29 is 14.0 Å². The van der Waals surface area contributed by atoms with Gasteiger partial charge in [0.1, 0.15) is 5.82 Å². The van der Waals surface area contributed by atoms with Gasteiger partial charge in [-0.25, -0.2) is 4.39 Å². The Morgan fingerprint density at radius 1 is 0.769 bits per heavy atom. The summed E-state index contributed by atoms with van der Waals surface area (Å²) in [6.07, 6.45) is 0. The summed E-state index contributed by atoms with van der Waals surface area (Å²) in [6.45, 7) is 0.0753. The van der Waals surface area contributed by atoms with Gasteiger partial charge >= 0.3 is 0 Å². The molecule has 0 unspecified atom stereocenters. The first-order valence-electron chi connectivity index (χ1n) is 8.11. The maximum atomic E-state index is 13.6. The Hall–Kier alpha value is -3.47. The van der Waals surface area contributed by atoms with Gasteiger partial charge in [0.25, 0.3) is 11.8 Å². The van der Waals surface area contributed by atoms with E-state index in [1.165, 1.54) is 12.1 Å². The standard InChI is InChI=1S/C21H17FN2O2/c22-19-12-5-4-7-17(19)14-23-20(25)15-8-6-9-16(13-15)21(26)24-18-10-2-1-3-11-18/h1-13H,14H2,(H,23,25)(H,24,26). The minimum Gasteiger partial charge on any atom is -0.348 e. The first-order valence-corrected chi connectivity index (χ1v) is 8.11. The number of hydrogen-bond acceptors (Lipinski definition) is 2. The first-order chi connectivity index (χ1) is 12.6. The molecule has 0 saturated heterocycles. The maximum absolute atomic E-state index is 13.6. The molecular formula is C21H17FN2O2. The average Bonchev–Trinajstić information content (AvgIpc) is 2.68. The van der Waals surface area contributed by atoms with E-state index >= 15 is 0 Å². The van der Waals surface area contributed by atoms with Crippen molar-refractivity contribution in [3.05, 3.63) is 101 Å². The molecule has 0 fully saturated rings. The predicted molar refractivity (Wildman–Crippen MR) is 98.4 cm³/mol. The van der Waals surface area contributed by atoms with Crippen molar-refractivity contribution >= 4 is 17.5 Å². The Balaban J connectivity index is 1.67. The van der Waals surface area contributed by atoms with E-state index in [0.29, 0.717) is 22.4 Å². The van der Waals surface area contributed by atoms with E-state index < -0.39 is 0 Å². The molecule has 3 rings (SSSR count). The van der Waals surface area contributed by atoms with Gasteiger partial charge in [-0.15, -0.1) is 0 Å². The molecule has 0 aliphatic heterocycles. The third-order valence-corrected chi connectivity index (χ3v) is 3.82. The summed E-state index contributed by atoms with van der Waals surface area (Å²) in [7, 11) is 0. The second kappa shape index (κ2) is 8.07. The summed E-state index contributed by atoms with van der Waals surface area (Å²) in [6, 6.07) is 21.7. The Labute approximate surface area is 150 Å². The number of carbonyl (C=O) groups excluding carboxylic acids is 2. The van der Waals surface area contributed by atoms with Gasteiger partial charge in [-0.3, -0.25) is 9.59 Å². The maximum Gasteiger partial charge on any atom is 0.255 e. The van der Waals surface area contributed by atoms with Crippen molar-refractivity contribution in [2.24, 2.45) is 0 Å². The summed E-state index contributed by atoms with van der Waals surface area (Å²) >= 11 is 0. The lowest BCUT2D eigenvalue weighted by molar-refractivity contribution is 0.0950. The molecule has 26 heavy (non-hydrogen) atoms. The van der Waals surface area contributed by atoms with E-state index in [9.17, 15) is 14.0 Å². The van der Waals surface area contributed by atoms with Crippen LogP contribution in [0.25, 0.3) is 0 Å². The average molecular weight is 348 g/mol. The molecule has 2 amide bonds. The molecule has 4 nitrogen and oxygen atoms in total. The molecule has 0 spiro atoms. The Morgan fingerprint density at radius 3 is 2.15 bits per heavy atom. The van der Waals surface area contributed by atoms with Crippen LogP contribution < -0.4 is 10.6 Å². The Bertz CT molecular complexity index is 926. The van der Waals surface area contributed by atoms with Crippen molar-refractivity contribution in [3.63, 3.8) is 0 Å². The zero-order valence-electron chi connectivity index (χ0n) is 13.9. The van der Waals surface area contributed by atoms with Crippen LogP contribution in [0.1, 0.15) is 26.3 Å². The van der Waals surface area contributed by atoms with E-state index in [4.69, 9.17) is 0 Å². The predicted octanol–water partition coefficient (Wildman–Crippen LogP) is 4.01. The number of anilines is 1. The van der Waals surface area contributed by atoms with Crippen molar-refractivity contribution in [2.45, 2.75) is 6.54 Å². The van der Waals surface area contributed by atoms with Crippen LogP contribution in [0.15, 0.2) is 78.9 Å². The fourth-order valence-electron chi connectivity index (χ4n) is 2.45. The van der Waals surface area contributed by atoms with Crippen molar-refractivity contribution in [3.8, 4) is 0 Å². The molecule has 3 aromatic rings. The minimum absolute atomic E-state index is 0.0753. The van der Waals surface area contributed by atoms with Crippen molar-refractivity contribution in [2.75, 3.05) is 5.32 Å². The normalized spacial score (nSPS) is 10.2. The largest absolute Gasteiger partial charge is 0.348 e. The molecule has 0 radical (unpaired) electrons. The smallest absolute Gasteiger partial charge is 0.255 e. The van der Waals surface area contributed by atoms with E-state index in [-0.39, 0.29) is 24.2 Å². The Kier molecular flexibility index (Phi) is 5.39. The SMILES string of the molecule is O=C(NCc1ccccc1F)c1cccc(C(=O)Nc2ccccc2)c1. The molecule has 0 heterocycles. The van der Waals surface area contributed by atoms with Crippen molar-refractivity contribution in [1.82, 2.24) is 5.32 Å². The van der Waals surface area contributed by atoms with Gasteiger partial charge in [0.05, 0.1) is 0 Å². The van der Waals surface area contributed by atoms with E-state index in [2.05, 4.69) is 10.6 Å². The molecule has 0 bridgehead atoms. The molecular weight excluding hydrogens is 331 g/mol. The van der Waals surface area contributed by atoms with Crippen molar-refractivity contribution in [1.29, 1.82) is 0 Å².